The zero-order valence-electron chi connectivity index (χ0n) is 21.0. The maximum Gasteiger partial charge on any atom is 0.344 e. The molecule has 188 valence electrons. The summed E-state index contributed by atoms with van der Waals surface area (Å²) in [6, 6.07) is 8.09. The molecule has 0 radical (unpaired) electrons. The van der Waals surface area contributed by atoms with Gasteiger partial charge in [-0.1, -0.05) is 12.6 Å². The van der Waals surface area contributed by atoms with Crippen molar-refractivity contribution in [2.24, 2.45) is 0 Å². The monoisotopic (exact) mass is 487 g/mol. The summed E-state index contributed by atoms with van der Waals surface area (Å²) in [6.07, 6.45) is 10.8. The number of piperidine rings is 1. The predicted octanol–water partition coefficient (Wildman–Crippen LogP) is 4.82. The molecule has 0 aliphatic carbocycles. The second-order valence-corrected chi connectivity index (χ2v) is 9.90. The highest BCUT2D eigenvalue weighted by atomic mass is 16.5. The number of carbonyl (C=O) groups excluding carboxylic acids is 1. The van der Waals surface area contributed by atoms with Gasteiger partial charge in [0.05, 0.1) is 12.4 Å². The fourth-order valence-electron chi connectivity index (χ4n) is 5.45. The third-order valence-electron chi connectivity index (χ3n) is 7.09. The molecule has 2 aromatic heterocycles. The number of aryl methyl sites for hydroxylation is 1. The zero-order chi connectivity index (χ0) is 25.1. The number of allylic oxidation sites excluding steroid dienone is 1. The minimum Gasteiger partial charge on any atom is -0.454 e. The summed E-state index contributed by atoms with van der Waals surface area (Å²) in [6.45, 7) is 11.2. The molecule has 1 aromatic carbocycles. The molecular formula is C27H33N7O2. The smallest absolute Gasteiger partial charge is 0.344 e. The van der Waals surface area contributed by atoms with Crippen LogP contribution in [0.15, 0.2) is 61.5 Å². The van der Waals surface area contributed by atoms with E-state index in [0.29, 0.717) is 11.6 Å². The van der Waals surface area contributed by atoms with Crippen LogP contribution in [0.4, 0.5) is 10.6 Å². The lowest BCUT2D eigenvalue weighted by atomic mass is 9.84. The number of hydrogen-bond donors (Lipinski definition) is 1. The largest absolute Gasteiger partial charge is 0.454 e. The molecule has 2 aliphatic rings. The highest BCUT2D eigenvalue weighted by molar-refractivity contribution is 5.76. The molecule has 1 amide bonds. The van der Waals surface area contributed by atoms with Crippen LogP contribution in [0.5, 0.6) is 11.5 Å². The number of likely N-dealkylation sites (tertiary alicyclic amines) is 2. The van der Waals surface area contributed by atoms with Gasteiger partial charge in [0.15, 0.2) is 11.6 Å². The van der Waals surface area contributed by atoms with E-state index in [1.54, 1.807) is 24.7 Å². The van der Waals surface area contributed by atoms with Gasteiger partial charge in [0.2, 0.25) is 0 Å². The molecular weight excluding hydrogens is 454 g/mol. The van der Waals surface area contributed by atoms with Crippen LogP contribution in [-0.2, 0) is 6.54 Å². The molecule has 36 heavy (non-hydrogen) atoms. The van der Waals surface area contributed by atoms with Gasteiger partial charge in [-0.3, -0.25) is 4.90 Å². The number of aromatic nitrogens is 4. The Kier molecular flexibility index (Phi) is 6.73. The zero-order valence-corrected chi connectivity index (χ0v) is 21.0. The van der Waals surface area contributed by atoms with E-state index in [0.717, 1.165) is 56.0 Å². The van der Waals surface area contributed by atoms with Crippen molar-refractivity contribution in [1.82, 2.24) is 29.5 Å². The number of hydrogen-bond acceptors (Lipinski definition) is 7. The topological polar surface area (TPSA) is 88.4 Å². The molecule has 3 aromatic rings. The quantitative estimate of drug-likeness (QED) is 0.533. The molecule has 1 N–H and O–H groups in total. The van der Waals surface area contributed by atoms with Gasteiger partial charge in [-0.2, -0.15) is 4.68 Å². The minimum absolute atomic E-state index is 0.0745. The molecule has 9 heteroatoms. The van der Waals surface area contributed by atoms with Crippen molar-refractivity contribution >= 4 is 11.8 Å². The van der Waals surface area contributed by atoms with E-state index in [2.05, 4.69) is 50.9 Å². The predicted molar refractivity (Wildman–Crippen MR) is 138 cm³/mol. The van der Waals surface area contributed by atoms with Crippen molar-refractivity contribution in [3.63, 3.8) is 0 Å². The Morgan fingerprint density at radius 1 is 1.11 bits per heavy atom. The van der Waals surface area contributed by atoms with Gasteiger partial charge in [0.1, 0.15) is 12.1 Å². The van der Waals surface area contributed by atoms with E-state index in [-0.39, 0.29) is 11.6 Å². The number of amides is 1. The van der Waals surface area contributed by atoms with Gasteiger partial charge in [0.25, 0.3) is 0 Å². The van der Waals surface area contributed by atoms with E-state index in [4.69, 9.17) is 4.74 Å². The summed E-state index contributed by atoms with van der Waals surface area (Å²) in [5.74, 6) is 2.06. The van der Waals surface area contributed by atoms with Gasteiger partial charge in [-0.25, -0.2) is 14.8 Å². The second-order valence-electron chi connectivity index (χ2n) is 9.90. The van der Waals surface area contributed by atoms with Gasteiger partial charge < -0.3 is 15.0 Å². The molecule has 1 spiro atoms. The van der Waals surface area contributed by atoms with Crippen molar-refractivity contribution in [2.45, 2.75) is 51.6 Å². The number of rotatable bonds is 6. The Balaban J connectivity index is 1.23. The molecule has 2 saturated heterocycles. The Bertz CT molecular complexity index is 1230. The van der Waals surface area contributed by atoms with Crippen LogP contribution in [0.1, 0.15) is 43.7 Å². The highest BCUT2D eigenvalue weighted by Gasteiger charge is 2.43. The second kappa shape index (κ2) is 10.1. The van der Waals surface area contributed by atoms with Gasteiger partial charge in [-0.15, -0.1) is 5.10 Å². The summed E-state index contributed by atoms with van der Waals surface area (Å²) >= 11 is 0. The number of nitrogens with one attached hydrogen (secondary N) is 1. The third kappa shape index (κ3) is 5.26. The van der Waals surface area contributed by atoms with Gasteiger partial charge in [0, 0.05) is 43.1 Å². The van der Waals surface area contributed by atoms with Crippen molar-refractivity contribution in [3.8, 4) is 11.5 Å². The molecule has 0 unspecified atom stereocenters. The van der Waals surface area contributed by atoms with Crippen LogP contribution >= 0.6 is 0 Å². The molecule has 2 fully saturated rings. The number of carbonyl (C=O) groups is 1. The number of anilines is 1. The molecule has 9 nitrogen and oxygen atoms in total. The van der Waals surface area contributed by atoms with Crippen LogP contribution in [0.3, 0.4) is 0 Å². The maximum atomic E-state index is 13.0. The van der Waals surface area contributed by atoms with E-state index in [1.165, 1.54) is 29.4 Å². The fourth-order valence-corrected chi connectivity index (χ4v) is 5.45. The van der Waals surface area contributed by atoms with E-state index in [1.807, 2.05) is 17.9 Å². The first kappa shape index (κ1) is 24.0. The summed E-state index contributed by atoms with van der Waals surface area (Å²) in [4.78, 5) is 25.6. The summed E-state index contributed by atoms with van der Waals surface area (Å²) in [5, 5.41) is 7.41. The lowest BCUT2D eigenvalue weighted by molar-refractivity contribution is 0.0584. The first-order valence-corrected chi connectivity index (χ1v) is 12.5. The molecule has 0 saturated carbocycles. The van der Waals surface area contributed by atoms with Crippen molar-refractivity contribution in [1.29, 1.82) is 0 Å². The molecule has 0 bridgehead atoms. The van der Waals surface area contributed by atoms with Crippen LogP contribution < -0.4 is 10.1 Å². The minimum atomic E-state index is -0.0745. The van der Waals surface area contributed by atoms with Crippen molar-refractivity contribution in [3.05, 3.63) is 72.6 Å². The van der Waals surface area contributed by atoms with Crippen LogP contribution in [0.25, 0.3) is 0 Å². The molecule has 2 aliphatic heterocycles. The Labute approximate surface area is 211 Å². The third-order valence-corrected chi connectivity index (χ3v) is 7.09. The Morgan fingerprint density at radius 3 is 2.64 bits per heavy atom. The van der Waals surface area contributed by atoms with Crippen LogP contribution in [0.2, 0.25) is 0 Å². The summed E-state index contributed by atoms with van der Waals surface area (Å²) in [5.41, 5.74) is 3.31. The van der Waals surface area contributed by atoms with Gasteiger partial charge >= 0.3 is 6.03 Å². The van der Waals surface area contributed by atoms with E-state index >= 15 is 0 Å². The molecule has 0 atom stereocenters. The van der Waals surface area contributed by atoms with Crippen LogP contribution in [0, 0.1) is 6.92 Å². The Morgan fingerprint density at radius 2 is 1.89 bits per heavy atom. The molecule has 5 rings (SSSR count). The first-order valence-electron chi connectivity index (χ1n) is 12.5. The lowest BCUT2D eigenvalue weighted by Crippen LogP contribution is -2.53. The summed E-state index contributed by atoms with van der Waals surface area (Å²) < 4.78 is 7.42. The number of ether oxygens (including phenoxy) is 1. The Hall–Kier alpha value is -3.72. The normalized spacial score (nSPS) is 17.3. The summed E-state index contributed by atoms with van der Waals surface area (Å²) in [7, 11) is 0. The van der Waals surface area contributed by atoms with Crippen LogP contribution in [-0.4, -0.2) is 60.8 Å². The highest BCUT2D eigenvalue weighted by Crippen LogP contribution is 2.40. The van der Waals surface area contributed by atoms with E-state index < -0.39 is 0 Å². The number of nitrogens with zero attached hydrogens (tertiary/aromatic N) is 6. The molecule has 4 heterocycles. The lowest BCUT2D eigenvalue weighted by Gasteiger charge is -2.45. The van der Waals surface area contributed by atoms with Crippen molar-refractivity contribution in [2.75, 3.05) is 25.0 Å². The SMILES string of the molecule is C=C(C)Nc1ccn(C(=O)N2CCC3(CCCN3Cc3cc(C)cc(Oc4cncnc4)c3)CC2)n1. The first-order chi connectivity index (χ1) is 17.4. The average molecular weight is 488 g/mol. The standard InChI is InChI=1S/C27H33N7O2/c1-20(2)30-25-5-10-34(31-25)26(35)32-11-7-27(8-12-32)6-4-9-33(27)18-22-13-21(3)14-23(15-22)36-24-16-28-19-29-17-24/h5,10,13-17,19H,1,4,6-9,11-12,18H2,2-3H3,(H,30,31). The fraction of sp³-hybridized carbons (Fsp3) is 0.407. The van der Waals surface area contributed by atoms with Gasteiger partial charge in [-0.05, 0) is 69.3 Å². The maximum absolute atomic E-state index is 13.0. The van der Waals surface area contributed by atoms with E-state index in [9.17, 15) is 4.79 Å². The van der Waals surface area contributed by atoms with Crippen molar-refractivity contribution < 1.29 is 9.53 Å². The number of benzene rings is 1. The average Bonchev–Trinajstić information content (AvgIpc) is 3.46.